The van der Waals surface area contributed by atoms with Gasteiger partial charge in [-0.1, -0.05) is 55.0 Å². The van der Waals surface area contributed by atoms with E-state index in [2.05, 4.69) is 17.4 Å². The number of nitrogens with one attached hydrogen (secondary N) is 1. The lowest BCUT2D eigenvalue weighted by Gasteiger charge is -2.36. The minimum absolute atomic E-state index is 0.0105. The van der Waals surface area contributed by atoms with Gasteiger partial charge in [0.25, 0.3) is 0 Å². The molecule has 2 aromatic rings. The number of amides is 1. The van der Waals surface area contributed by atoms with Gasteiger partial charge in [0.2, 0.25) is 0 Å². The first kappa shape index (κ1) is 25.7. The lowest BCUT2D eigenvalue weighted by molar-refractivity contribution is -0.163. The summed E-state index contributed by atoms with van der Waals surface area (Å²) in [6, 6.07) is 14.3. The summed E-state index contributed by atoms with van der Waals surface area (Å²) in [7, 11) is 0. The highest BCUT2D eigenvalue weighted by molar-refractivity contribution is 5.81. The first-order valence-electron chi connectivity index (χ1n) is 12.5. The standard InChI is InChI=1S/C28H34N2O6/c1-28(2,3)36-26(33)24-14-8-9-15-30(24)16-23(25(31)32)29-27(34)35-17-22-20-12-6-4-10-18(20)19-11-5-7-13-21(19)22/h4-7,10-13,22-24H,8-9,14-17H2,1-3H3,(H,29,34)(H,31,32)/t23-,24?/m0/s1. The maximum Gasteiger partial charge on any atom is 0.407 e. The number of benzene rings is 2. The number of carboxylic acids is 1. The van der Waals surface area contributed by atoms with Gasteiger partial charge in [0.05, 0.1) is 0 Å². The van der Waals surface area contributed by atoms with Crippen molar-refractivity contribution in [3.63, 3.8) is 0 Å². The van der Waals surface area contributed by atoms with Crippen LogP contribution in [0.4, 0.5) is 4.79 Å². The first-order chi connectivity index (χ1) is 17.1. The summed E-state index contributed by atoms with van der Waals surface area (Å²) in [4.78, 5) is 39.2. The molecule has 8 nitrogen and oxygen atoms in total. The monoisotopic (exact) mass is 494 g/mol. The number of rotatable bonds is 7. The maximum absolute atomic E-state index is 12.7. The average molecular weight is 495 g/mol. The second-order valence-corrected chi connectivity index (χ2v) is 10.4. The van der Waals surface area contributed by atoms with Gasteiger partial charge in [-0.3, -0.25) is 9.69 Å². The van der Waals surface area contributed by atoms with Crippen molar-refractivity contribution in [2.75, 3.05) is 19.7 Å². The van der Waals surface area contributed by atoms with Gasteiger partial charge >= 0.3 is 18.0 Å². The van der Waals surface area contributed by atoms with Crippen LogP contribution in [0.3, 0.4) is 0 Å². The normalized spacial score (nSPS) is 18.6. The maximum atomic E-state index is 12.7. The van der Waals surface area contributed by atoms with Crippen LogP contribution in [-0.2, 0) is 19.1 Å². The van der Waals surface area contributed by atoms with Gasteiger partial charge in [0.15, 0.2) is 0 Å². The molecule has 1 saturated heterocycles. The van der Waals surface area contributed by atoms with Crippen molar-refractivity contribution in [1.29, 1.82) is 0 Å². The number of carboxylic acid groups (broad SMARTS) is 1. The Hall–Kier alpha value is -3.39. The number of nitrogens with zero attached hydrogens (tertiary/aromatic N) is 1. The topological polar surface area (TPSA) is 105 Å². The Labute approximate surface area is 211 Å². The van der Waals surface area contributed by atoms with E-state index < -0.39 is 29.7 Å². The first-order valence-corrected chi connectivity index (χ1v) is 12.5. The Kier molecular flexibility index (Phi) is 7.64. The van der Waals surface area contributed by atoms with Crippen LogP contribution in [-0.4, -0.2) is 65.4 Å². The smallest absolute Gasteiger partial charge is 0.407 e. The quantitative estimate of drug-likeness (QED) is 0.557. The Balaban J connectivity index is 1.39. The van der Waals surface area contributed by atoms with Crippen molar-refractivity contribution in [1.82, 2.24) is 10.2 Å². The number of aliphatic carboxylic acids is 1. The van der Waals surface area contributed by atoms with Crippen molar-refractivity contribution in [3.05, 3.63) is 59.7 Å². The third kappa shape index (κ3) is 5.87. The third-order valence-electron chi connectivity index (χ3n) is 6.64. The summed E-state index contributed by atoms with van der Waals surface area (Å²) in [5, 5.41) is 12.3. The van der Waals surface area contributed by atoms with Gasteiger partial charge in [-0.05, 0) is 62.4 Å². The SMILES string of the molecule is CC(C)(C)OC(=O)C1CCCCN1C[C@H](NC(=O)OCC1c2ccccc2-c2ccccc21)C(=O)O. The van der Waals surface area contributed by atoms with Crippen LogP contribution >= 0.6 is 0 Å². The Morgan fingerprint density at radius 1 is 1.03 bits per heavy atom. The second-order valence-electron chi connectivity index (χ2n) is 10.4. The van der Waals surface area contributed by atoms with E-state index in [0.717, 1.165) is 35.1 Å². The number of piperidine rings is 1. The Morgan fingerprint density at radius 2 is 1.64 bits per heavy atom. The van der Waals surface area contributed by atoms with Crippen molar-refractivity contribution >= 4 is 18.0 Å². The van der Waals surface area contributed by atoms with Crippen LogP contribution in [0.15, 0.2) is 48.5 Å². The number of alkyl carbamates (subject to hydrolysis) is 1. The molecule has 1 unspecified atom stereocenters. The van der Waals surface area contributed by atoms with Gasteiger partial charge in [0, 0.05) is 12.5 Å². The van der Waals surface area contributed by atoms with E-state index in [1.165, 1.54) is 0 Å². The number of likely N-dealkylation sites (tertiary alicyclic amines) is 1. The molecular formula is C28H34N2O6. The second kappa shape index (κ2) is 10.7. The minimum Gasteiger partial charge on any atom is -0.480 e. The van der Waals surface area contributed by atoms with Crippen molar-refractivity contribution in [2.45, 2.75) is 63.6 Å². The van der Waals surface area contributed by atoms with Crippen LogP contribution in [0.5, 0.6) is 0 Å². The summed E-state index contributed by atoms with van der Waals surface area (Å²) in [6.07, 6.45) is 1.50. The predicted octanol–water partition coefficient (Wildman–Crippen LogP) is 4.17. The zero-order valence-electron chi connectivity index (χ0n) is 21.0. The fourth-order valence-corrected chi connectivity index (χ4v) is 5.05. The highest BCUT2D eigenvalue weighted by Gasteiger charge is 2.36. The number of fused-ring (bicyclic) bond motifs is 3. The molecule has 1 amide bonds. The number of ether oxygens (including phenoxy) is 2. The number of carbonyl (C=O) groups excluding carboxylic acids is 2. The molecule has 0 bridgehead atoms. The summed E-state index contributed by atoms with van der Waals surface area (Å²) in [5.74, 6) is -1.67. The average Bonchev–Trinajstić information content (AvgIpc) is 3.15. The van der Waals surface area contributed by atoms with E-state index in [0.29, 0.717) is 13.0 Å². The molecule has 0 saturated carbocycles. The van der Waals surface area contributed by atoms with Gasteiger partial charge in [-0.25, -0.2) is 9.59 Å². The van der Waals surface area contributed by atoms with Crippen LogP contribution in [0, 0.1) is 0 Å². The minimum atomic E-state index is -1.22. The number of hydrogen-bond acceptors (Lipinski definition) is 6. The van der Waals surface area contributed by atoms with Crippen LogP contribution < -0.4 is 5.32 Å². The van der Waals surface area contributed by atoms with Gasteiger partial charge in [-0.2, -0.15) is 0 Å². The van der Waals surface area contributed by atoms with E-state index in [-0.39, 0.29) is 25.0 Å². The van der Waals surface area contributed by atoms with Crippen molar-refractivity contribution in [2.24, 2.45) is 0 Å². The van der Waals surface area contributed by atoms with Crippen LogP contribution in [0.25, 0.3) is 11.1 Å². The fourth-order valence-electron chi connectivity index (χ4n) is 5.05. The molecule has 2 atom stereocenters. The number of carbonyl (C=O) groups is 3. The number of esters is 1. The lowest BCUT2D eigenvalue weighted by Crippen LogP contribution is -2.55. The van der Waals surface area contributed by atoms with Crippen molar-refractivity contribution < 1.29 is 29.0 Å². The molecule has 0 spiro atoms. The molecule has 1 aliphatic carbocycles. The zero-order chi connectivity index (χ0) is 25.9. The van der Waals surface area contributed by atoms with E-state index >= 15 is 0 Å². The molecule has 1 fully saturated rings. The van der Waals surface area contributed by atoms with Crippen molar-refractivity contribution in [3.8, 4) is 11.1 Å². The summed E-state index contributed by atoms with van der Waals surface area (Å²) >= 11 is 0. The molecule has 192 valence electrons. The van der Waals surface area contributed by atoms with Crippen LogP contribution in [0.1, 0.15) is 57.1 Å². The summed E-state index contributed by atoms with van der Waals surface area (Å²) in [5.41, 5.74) is 3.75. The largest absolute Gasteiger partial charge is 0.480 e. The molecule has 2 N–H and O–H groups in total. The molecule has 8 heteroatoms. The summed E-state index contributed by atoms with van der Waals surface area (Å²) in [6.45, 7) is 6.05. The zero-order valence-corrected chi connectivity index (χ0v) is 21.0. The van der Waals surface area contributed by atoms with E-state index in [1.54, 1.807) is 25.7 Å². The molecule has 1 aliphatic heterocycles. The van der Waals surface area contributed by atoms with E-state index in [4.69, 9.17) is 9.47 Å². The lowest BCUT2D eigenvalue weighted by atomic mass is 9.98. The number of hydrogen-bond donors (Lipinski definition) is 2. The third-order valence-corrected chi connectivity index (χ3v) is 6.64. The highest BCUT2D eigenvalue weighted by atomic mass is 16.6. The highest BCUT2D eigenvalue weighted by Crippen LogP contribution is 2.44. The van der Waals surface area contributed by atoms with E-state index in [9.17, 15) is 19.5 Å². The fraction of sp³-hybridized carbons (Fsp3) is 0.464. The molecular weight excluding hydrogens is 460 g/mol. The predicted molar refractivity (Wildman–Crippen MR) is 135 cm³/mol. The molecule has 2 aliphatic rings. The molecule has 0 radical (unpaired) electrons. The van der Waals surface area contributed by atoms with Gasteiger partial charge < -0.3 is 19.9 Å². The molecule has 2 aromatic carbocycles. The van der Waals surface area contributed by atoms with Gasteiger partial charge in [-0.15, -0.1) is 0 Å². The van der Waals surface area contributed by atoms with Crippen LogP contribution in [0.2, 0.25) is 0 Å². The molecule has 0 aromatic heterocycles. The van der Waals surface area contributed by atoms with Gasteiger partial charge in [0.1, 0.15) is 24.3 Å². The molecule has 4 rings (SSSR count). The Bertz CT molecular complexity index is 1080. The Morgan fingerprint density at radius 3 is 2.22 bits per heavy atom. The van der Waals surface area contributed by atoms with E-state index in [1.807, 2.05) is 36.4 Å². The summed E-state index contributed by atoms with van der Waals surface area (Å²) < 4.78 is 11.1. The molecule has 36 heavy (non-hydrogen) atoms. The molecule has 1 heterocycles.